The first-order chi connectivity index (χ1) is 14.1. The van der Waals surface area contributed by atoms with Gasteiger partial charge >= 0.3 is 6.03 Å². The molecule has 0 saturated heterocycles. The fraction of sp³-hybridized carbons (Fsp3) is 0.476. The first-order valence-electron chi connectivity index (χ1n) is 10.0. The number of methoxy groups -OCH3 is 1. The Balaban J connectivity index is 1.39. The van der Waals surface area contributed by atoms with Crippen molar-refractivity contribution in [1.29, 1.82) is 0 Å². The van der Waals surface area contributed by atoms with E-state index in [0.717, 1.165) is 24.2 Å². The molecule has 7 nitrogen and oxygen atoms in total. The van der Waals surface area contributed by atoms with Crippen LogP contribution in [0.15, 0.2) is 29.6 Å². The van der Waals surface area contributed by atoms with E-state index in [-0.39, 0.29) is 24.4 Å². The summed E-state index contributed by atoms with van der Waals surface area (Å²) in [4.78, 5) is 28.6. The largest absolute Gasteiger partial charge is 0.496 e. The van der Waals surface area contributed by atoms with Crippen molar-refractivity contribution in [2.45, 2.75) is 51.0 Å². The highest BCUT2D eigenvalue weighted by Gasteiger charge is 2.16. The van der Waals surface area contributed by atoms with E-state index < -0.39 is 0 Å². The number of amides is 3. The van der Waals surface area contributed by atoms with Crippen LogP contribution >= 0.6 is 11.3 Å². The van der Waals surface area contributed by atoms with E-state index in [2.05, 4.69) is 20.9 Å². The molecule has 0 bridgehead atoms. The standard InChI is InChI=1S/C21H28N4O3S/c1-28-18-10-6-5-7-15(18)11-12-22-19(26)13-17-14-29-21(24-17)25-20(27)23-16-8-3-2-4-9-16/h5-7,10,14,16H,2-4,8-9,11-13H2,1H3,(H,22,26)(H2,23,24,25,27). The summed E-state index contributed by atoms with van der Waals surface area (Å²) in [7, 11) is 1.64. The van der Waals surface area contributed by atoms with Gasteiger partial charge in [0.2, 0.25) is 5.91 Å². The van der Waals surface area contributed by atoms with Crippen LogP contribution < -0.4 is 20.7 Å². The van der Waals surface area contributed by atoms with Crippen molar-refractivity contribution in [3.8, 4) is 5.75 Å². The van der Waals surface area contributed by atoms with Gasteiger partial charge < -0.3 is 15.4 Å². The number of carbonyl (C=O) groups is 2. The van der Waals surface area contributed by atoms with E-state index in [0.29, 0.717) is 23.8 Å². The van der Waals surface area contributed by atoms with E-state index >= 15 is 0 Å². The number of carbonyl (C=O) groups excluding carboxylic acids is 2. The molecule has 156 valence electrons. The van der Waals surface area contributed by atoms with Gasteiger partial charge in [-0.3, -0.25) is 10.1 Å². The van der Waals surface area contributed by atoms with Gasteiger partial charge in [0.1, 0.15) is 5.75 Å². The van der Waals surface area contributed by atoms with Gasteiger partial charge in [0.15, 0.2) is 5.13 Å². The second-order valence-electron chi connectivity index (χ2n) is 7.17. The Labute approximate surface area is 175 Å². The summed E-state index contributed by atoms with van der Waals surface area (Å²) in [5, 5.41) is 11.0. The van der Waals surface area contributed by atoms with Gasteiger partial charge in [0.25, 0.3) is 0 Å². The summed E-state index contributed by atoms with van der Waals surface area (Å²) in [5.41, 5.74) is 1.71. The molecule has 1 aromatic heterocycles. The predicted molar refractivity (Wildman–Crippen MR) is 115 cm³/mol. The summed E-state index contributed by atoms with van der Waals surface area (Å²) in [6, 6.07) is 7.79. The SMILES string of the molecule is COc1ccccc1CCNC(=O)Cc1csc(NC(=O)NC2CCCCC2)n1. The monoisotopic (exact) mass is 416 g/mol. The van der Waals surface area contributed by atoms with Crippen LogP contribution in [0, 0.1) is 0 Å². The van der Waals surface area contributed by atoms with E-state index in [4.69, 9.17) is 4.74 Å². The third-order valence-corrected chi connectivity index (χ3v) is 5.77. The average molecular weight is 417 g/mol. The highest BCUT2D eigenvalue weighted by Crippen LogP contribution is 2.19. The zero-order valence-corrected chi connectivity index (χ0v) is 17.5. The number of nitrogens with one attached hydrogen (secondary N) is 3. The topological polar surface area (TPSA) is 92.4 Å². The second-order valence-corrected chi connectivity index (χ2v) is 8.02. The Morgan fingerprint density at radius 2 is 2.00 bits per heavy atom. The normalized spacial score (nSPS) is 14.2. The minimum Gasteiger partial charge on any atom is -0.496 e. The van der Waals surface area contributed by atoms with Crippen molar-refractivity contribution in [3.05, 3.63) is 40.9 Å². The summed E-state index contributed by atoms with van der Waals surface area (Å²) >= 11 is 1.33. The Hall–Kier alpha value is -2.61. The molecule has 1 aromatic carbocycles. The lowest BCUT2D eigenvalue weighted by molar-refractivity contribution is -0.120. The van der Waals surface area contributed by atoms with Gasteiger partial charge in [-0.1, -0.05) is 37.5 Å². The van der Waals surface area contributed by atoms with Crippen molar-refractivity contribution in [3.63, 3.8) is 0 Å². The summed E-state index contributed by atoms with van der Waals surface area (Å²) < 4.78 is 5.32. The molecule has 1 aliphatic rings. The quantitative estimate of drug-likeness (QED) is 0.614. The van der Waals surface area contributed by atoms with Gasteiger partial charge in [0.05, 0.1) is 19.2 Å². The number of ether oxygens (including phenoxy) is 1. The number of para-hydroxylation sites is 1. The first kappa shape index (κ1) is 21.1. The fourth-order valence-corrected chi connectivity index (χ4v) is 4.19. The summed E-state index contributed by atoms with van der Waals surface area (Å²) in [6.07, 6.45) is 6.53. The minimum atomic E-state index is -0.223. The number of urea groups is 1. The number of hydrogen-bond acceptors (Lipinski definition) is 5. The van der Waals surface area contributed by atoms with Gasteiger partial charge in [-0.2, -0.15) is 0 Å². The van der Waals surface area contributed by atoms with Gasteiger partial charge in [-0.15, -0.1) is 11.3 Å². The molecule has 0 radical (unpaired) electrons. The molecule has 8 heteroatoms. The summed E-state index contributed by atoms with van der Waals surface area (Å²) in [5.74, 6) is 0.729. The van der Waals surface area contributed by atoms with E-state index in [1.165, 1.54) is 30.6 Å². The van der Waals surface area contributed by atoms with Gasteiger partial charge in [0, 0.05) is 18.0 Å². The molecular formula is C21H28N4O3S. The molecule has 1 aliphatic carbocycles. The number of anilines is 1. The molecule has 3 N–H and O–H groups in total. The highest BCUT2D eigenvalue weighted by molar-refractivity contribution is 7.13. The molecule has 1 heterocycles. The predicted octanol–water partition coefficient (Wildman–Crippen LogP) is 3.51. The molecule has 0 spiro atoms. The minimum absolute atomic E-state index is 0.0941. The Kier molecular flexibility index (Phi) is 7.86. The molecule has 0 aliphatic heterocycles. The van der Waals surface area contributed by atoms with Crippen LogP contribution in [0.3, 0.4) is 0 Å². The maximum atomic E-state index is 12.2. The van der Waals surface area contributed by atoms with E-state index in [9.17, 15) is 9.59 Å². The molecule has 1 fully saturated rings. The number of rotatable bonds is 8. The number of aromatic nitrogens is 1. The lowest BCUT2D eigenvalue weighted by Crippen LogP contribution is -2.39. The van der Waals surface area contributed by atoms with E-state index in [1.807, 2.05) is 24.3 Å². The van der Waals surface area contributed by atoms with Crippen molar-refractivity contribution in [2.75, 3.05) is 19.0 Å². The molecule has 3 amide bonds. The zero-order valence-electron chi connectivity index (χ0n) is 16.7. The van der Waals surface area contributed by atoms with Crippen LogP contribution in [0.1, 0.15) is 43.4 Å². The molecule has 3 rings (SSSR count). The van der Waals surface area contributed by atoms with Crippen LogP contribution in [-0.4, -0.2) is 36.6 Å². The van der Waals surface area contributed by atoms with Crippen LogP contribution in [0.4, 0.5) is 9.93 Å². The Morgan fingerprint density at radius 1 is 1.21 bits per heavy atom. The number of hydrogen-bond donors (Lipinski definition) is 3. The smallest absolute Gasteiger partial charge is 0.321 e. The second kappa shape index (κ2) is 10.8. The molecule has 2 aromatic rings. The molecule has 29 heavy (non-hydrogen) atoms. The molecule has 0 unspecified atom stereocenters. The maximum absolute atomic E-state index is 12.2. The van der Waals surface area contributed by atoms with Gasteiger partial charge in [-0.25, -0.2) is 9.78 Å². The first-order valence-corrected chi connectivity index (χ1v) is 10.9. The third-order valence-electron chi connectivity index (χ3n) is 4.96. The highest BCUT2D eigenvalue weighted by atomic mass is 32.1. The number of nitrogens with zero attached hydrogens (tertiary/aromatic N) is 1. The third kappa shape index (κ3) is 6.74. The average Bonchev–Trinajstić information content (AvgIpc) is 3.15. The Morgan fingerprint density at radius 3 is 2.79 bits per heavy atom. The Bertz CT molecular complexity index is 818. The lowest BCUT2D eigenvalue weighted by atomic mass is 9.96. The maximum Gasteiger partial charge on any atom is 0.321 e. The van der Waals surface area contributed by atoms with Crippen molar-refractivity contribution in [1.82, 2.24) is 15.6 Å². The van der Waals surface area contributed by atoms with Gasteiger partial charge in [-0.05, 0) is 30.9 Å². The number of benzene rings is 1. The van der Waals surface area contributed by atoms with E-state index in [1.54, 1.807) is 12.5 Å². The van der Waals surface area contributed by atoms with Crippen LogP contribution in [-0.2, 0) is 17.6 Å². The molecular weight excluding hydrogens is 388 g/mol. The van der Waals surface area contributed by atoms with Crippen molar-refractivity contribution in [2.24, 2.45) is 0 Å². The van der Waals surface area contributed by atoms with Crippen LogP contribution in [0.2, 0.25) is 0 Å². The van der Waals surface area contributed by atoms with Crippen LogP contribution in [0.5, 0.6) is 5.75 Å². The zero-order chi connectivity index (χ0) is 20.5. The molecule has 0 atom stereocenters. The lowest BCUT2D eigenvalue weighted by Gasteiger charge is -2.22. The fourth-order valence-electron chi connectivity index (χ4n) is 3.48. The molecule has 1 saturated carbocycles. The van der Waals surface area contributed by atoms with Crippen molar-refractivity contribution < 1.29 is 14.3 Å². The number of thiazole rings is 1. The van der Waals surface area contributed by atoms with Crippen molar-refractivity contribution >= 4 is 28.4 Å². The van der Waals surface area contributed by atoms with Crippen LogP contribution in [0.25, 0.3) is 0 Å². The summed E-state index contributed by atoms with van der Waals surface area (Å²) in [6.45, 7) is 0.526.